The summed E-state index contributed by atoms with van der Waals surface area (Å²) in [7, 11) is 0. The average molecular weight is 277 g/mol. The van der Waals surface area contributed by atoms with Gasteiger partial charge in [-0.15, -0.1) is 0 Å². The topological polar surface area (TPSA) is 43.1 Å². The Morgan fingerprint density at radius 1 is 1.05 bits per heavy atom. The maximum Gasteiger partial charge on any atom is 0.277 e. The van der Waals surface area contributed by atoms with Crippen LogP contribution in [-0.4, -0.2) is 4.92 Å². The average Bonchev–Trinajstić information content (AvgIpc) is 2.52. The molecule has 0 saturated heterocycles. The minimum atomic E-state index is -0.384. The van der Waals surface area contributed by atoms with Crippen LogP contribution < -0.4 is 0 Å². The molecule has 0 bridgehead atoms. The quantitative estimate of drug-likeness (QED) is 0.437. The molecule has 2 aromatic rings. The van der Waals surface area contributed by atoms with Gasteiger partial charge >= 0.3 is 0 Å². The Hall–Kier alpha value is -2.94. The van der Waals surface area contributed by atoms with Crippen LogP contribution in [0.4, 0.5) is 5.69 Å². The monoisotopic (exact) mass is 277 g/mol. The van der Waals surface area contributed by atoms with Crippen molar-refractivity contribution < 1.29 is 4.92 Å². The first-order valence-electron chi connectivity index (χ1n) is 6.46. The van der Waals surface area contributed by atoms with Gasteiger partial charge in [-0.05, 0) is 28.8 Å². The Labute approximate surface area is 123 Å². The summed E-state index contributed by atoms with van der Waals surface area (Å²) in [6, 6.07) is 14.8. The zero-order valence-corrected chi connectivity index (χ0v) is 11.5. The van der Waals surface area contributed by atoms with Gasteiger partial charge in [-0.25, -0.2) is 0 Å². The minimum Gasteiger partial charge on any atom is -0.258 e. The van der Waals surface area contributed by atoms with Gasteiger partial charge < -0.3 is 0 Å². The number of nitrogens with zero attached hydrogens (tertiary/aromatic N) is 1. The van der Waals surface area contributed by atoms with Crippen LogP contribution in [0.2, 0.25) is 0 Å². The van der Waals surface area contributed by atoms with Crippen LogP contribution in [0.1, 0.15) is 5.56 Å². The lowest BCUT2D eigenvalue weighted by Gasteiger charge is -2.07. The molecule has 0 aliphatic carbocycles. The highest BCUT2D eigenvalue weighted by Gasteiger charge is 2.16. The Kier molecular flexibility index (Phi) is 4.46. The summed E-state index contributed by atoms with van der Waals surface area (Å²) in [4.78, 5) is 10.8. The number of rotatable bonds is 5. The molecular weight excluding hydrogens is 262 g/mol. The van der Waals surface area contributed by atoms with E-state index in [0.717, 1.165) is 11.1 Å². The predicted molar refractivity (Wildman–Crippen MR) is 86.9 cm³/mol. The van der Waals surface area contributed by atoms with Crippen molar-refractivity contribution in [1.82, 2.24) is 0 Å². The second kappa shape index (κ2) is 6.48. The smallest absolute Gasteiger partial charge is 0.258 e. The van der Waals surface area contributed by atoms with E-state index < -0.39 is 0 Å². The van der Waals surface area contributed by atoms with Gasteiger partial charge in [-0.3, -0.25) is 10.1 Å². The highest BCUT2D eigenvalue weighted by Crippen LogP contribution is 2.31. The third-order valence-electron chi connectivity index (χ3n) is 3.13. The van der Waals surface area contributed by atoms with Crippen molar-refractivity contribution in [2.75, 3.05) is 0 Å². The number of hydrogen-bond donors (Lipinski definition) is 0. The fourth-order valence-electron chi connectivity index (χ4n) is 2.13. The molecule has 21 heavy (non-hydrogen) atoms. The maximum atomic E-state index is 11.2. The van der Waals surface area contributed by atoms with Crippen LogP contribution in [0.25, 0.3) is 16.7 Å². The fraction of sp³-hybridized carbons (Fsp3) is 0. The summed E-state index contributed by atoms with van der Waals surface area (Å²) in [5.74, 6) is 0. The molecular formula is C18H15NO2. The lowest BCUT2D eigenvalue weighted by molar-refractivity contribution is -0.385. The molecule has 0 aliphatic rings. The SMILES string of the molecule is C=C/C=C(\C=C)c1cc(-c2ccccc2)ccc1[N+](=O)[O-]. The normalized spacial score (nSPS) is 11.0. The molecule has 0 amide bonds. The van der Waals surface area contributed by atoms with E-state index in [-0.39, 0.29) is 10.6 Å². The molecule has 104 valence electrons. The number of allylic oxidation sites excluding steroid dienone is 4. The largest absolute Gasteiger partial charge is 0.277 e. The zero-order chi connectivity index (χ0) is 15.2. The van der Waals surface area contributed by atoms with Crippen LogP contribution in [0.5, 0.6) is 0 Å². The predicted octanol–water partition coefficient (Wildman–Crippen LogP) is 5.02. The van der Waals surface area contributed by atoms with Crippen molar-refractivity contribution in [3.63, 3.8) is 0 Å². The van der Waals surface area contributed by atoms with E-state index in [2.05, 4.69) is 13.2 Å². The number of nitro groups is 1. The van der Waals surface area contributed by atoms with Crippen molar-refractivity contribution in [3.05, 3.63) is 95.6 Å². The zero-order valence-electron chi connectivity index (χ0n) is 11.5. The van der Waals surface area contributed by atoms with Crippen molar-refractivity contribution in [2.24, 2.45) is 0 Å². The molecule has 3 heteroatoms. The molecule has 0 fully saturated rings. The van der Waals surface area contributed by atoms with E-state index >= 15 is 0 Å². The first-order valence-corrected chi connectivity index (χ1v) is 6.46. The van der Waals surface area contributed by atoms with E-state index in [0.29, 0.717) is 11.1 Å². The van der Waals surface area contributed by atoms with Gasteiger partial charge in [-0.1, -0.05) is 61.7 Å². The van der Waals surface area contributed by atoms with Gasteiger partial charge in [0.2, 0.25) is 0 Å². The molecule has 0 N–H and O–H groups in total. The summed E-state index contributed by atoms with van der Waals surface area (Å²) in [5.41, 5.74) is 3.21. The fourth-order valence-corrected chi connectivity index (χ4v) is 2.13. The molecule has 2 aromatic carbocycles. The first kappa shape index (κ1) is 14.5. The number of nitro benzene ring substituents is 1. The highest BCUT2D eigenvalue weighted by molar-refractivity contribution is 5.83. The lowest BCUT2D eigenvalue weighted by atomic mass is 9.97. The second-order valence-corrected chi connectivity index (χ2v) is 4.42. The third-order valence-corrected chi connectivity index (χ3v) is 3.13. The Morgan fingerprint density at radius 3 is 2.33 bits per heavy atom. The van der Waals surface area contributed by atoms with E-state index in [1.807, 2.05) is 36.4 Å². The number of hydrogen-bond acceptors (Lipinski definition) is 2. The summed E-state index contributed by atoms with van der Waals surface area (Å²) < 4.78 is 0. The van der Waals surface area contributed by atoms with Crippen LogP contribution in [0.3, 0.4) is 0 Å². The molecule has 0 unspecified atom stereocenters. The Balaban J connectivity index is 2.65. The molecule has 0 atom stereocenters. The molecule has 0 spiro atoms. The molecule has 0 aliphatic heterocycles. The molecule has 0 heterocycles. The molecule has 0 aromatic heterocycles. The minimum absolute atomic E-state index is 0.0580. The van der Waals surface area contributed by atoms with E-state index in [4.69, 9.17) is 0 Å². The van der Waals surface area contributed by atoms with Crippen LogP contribution >= 0.6 is 0 Å². The Bertz CT molecular complexity index is 715. The van der Waals surface area contributed by atoms with Gasteiger partial charge in [0.25, 0.3) is 5.69 Å². The van der Waals surface area contributed by atoms with Crippen molar-refractivity contribution in [3.8, 4) is 11.1 Å². The van der Waals surface area contributed by atoms with E-state index in [1.165, 1.54) is 6.07 Å². The van der Waals surface area contributed by atoms with E-state index in [1.54, 1.807) is 24.3 Å². The van der Waals surface area contributed by atoms with Gasteiger partial charge in [0, 0.05) is 6.07 Å². The standard InChI is InChI=1S/C18H15NO2/c1-3-8-14(4-2)17-13-16(11-12-18(17)19(20)21)15-9-6-5-7-10-15/h3-13H,1-2H2/b14-8+. The molecule has 0 radical (unpaired) electrons. The summed E-state index contributed by atoms with van der Waals surface area (Å²) in [6.45, 7) is 7.36. The van der Waals surface area contributed by atoms with E-state index in [9.17, 15) is 10.1 Å². The Morgan fingerprint density at radius 2 is 1.76 bits per heavy atom. The van der Waals surface area contributed by atoms with Crippen LogP contribution in [0.15, 0.2) is 79.9 Å². The van der Waals surface area contributed by atoms with Gasteiger partial charge in [-0.2, -0.15) is 0 Å². The van der Waals surface area contributed by atoms with Gasteiger partial charge in [0.05, 0.1) is 10.5 Å². The lowest BCUT2D eigenvalue weighted by Crippen LogP contribution is -1.95. The van der Waals surface area contributed by atoms with Crippen molar-refractivity contribution >= 4 is 11.3 Å². The number of benzene rings is 2. The molecule has 0 saturated carbocycles. The first-order chi connectivity index (χ1) is 10.2. The maximum absolute atomic E-state index is 11.2. The van der Waals surface area contributed by atoms with Gasteiger partial charge in [0.15, 0.2) is 0 Å². The summed E-state index contributed by atoms with van der Waals surface area (Å²) in [5, 5.41) is 11.2. The summed E-state index contributed by atoms with van der Waals surface area (Å²) >= 11 is 0. The highest BCUT2D eigenvalue weighted by atomic mass is 16.6. The van der Waals surface area contributed by atoms with Crippen molar-refractivity contribution in [1.29, 1.82) is 0 Å². The molecule has 2 rings (SSSR count). The third kappa shape index (κ3) is 3.15. The molecule has 3 nitrogen and oxygen atoms in total. The second-order valence-electron chi connectivity index (χ2n) is 4.42. The van der Waals surface area contributed by atoms with Crippen molar-refractivity contribution in [2.45, 2.75) is 0 Å². The van der Waals surface area contributed by atoms with Gasteiger partial charge in [0.1, 0.15) is 0 Å². The summed E-state index contributed by atoms with van der Waals surface area (Å²) in [6.07, 6.45) is 4.90. The van der Waals surface area contributed by atoms with Crippen LogP contribution in [-0.2, 0) is 0 Å². The van der Waals surface area contributed by atoms with Crippen LogP contribution in [0, 0.1) is 10.1 Å².